The molecule has 5 N–H and O–H groups in total. The smallest absolute Gasteiger partial charge is 0.157 e. The fraction of sp³-hybridized carbons (Fsp3) is 0.333. The first-order valence-corrected chi connectivity index (χ1v) is 4.03. The van der Waals surface area contributed by atoms with Gasteiger partial charge in [0, 0.05) is 12.6 Å². The first-order chi connectivity index (χ1) is 6.15. The minimum absolute atomic E-state index is 0.00278. The zero-order chi connectivity index (χ0) is 9.84. The van der Waals surface area contributed by atoms with Gasteiger partial charge in [-0.25, -0.2) is 0 Å². The lowest BCUT2D eigenvalue weighted by Crippen LogP contribution is -2.11. The molecule has 0 heterocycles. The number of aliphatic hydroxyl groups excluding tert-OH is 1. The molecule has 1 aromatic carbocycles. The Morgan fingerprint density at radius 1 is 1.23 bits per heavy atom. The summed E-state index contributed by atoms with van der Waals surface area (Å²) >= 11 is 0. The molecule has 72 valence electrons. The summed E-state index contributed by atoms with van der Waals surface area (Å²) in [6.07, 6.45) is 0.435. The Morgan fingerprint density at radius 2 is 1.92 bits per heavy atom. The molecular weight excluding hydrogens is 170 g/mol. The maximum Gasteiger partial charge on any atom is 0.157 e. The molecule has 0 aliphatic rings. The van der Waals surface area contributed by atoms with Crippen LogP contribution >= 0.6 is 0 Å². The monoisotopic (exact) mass is 183 g/mol. The van der Waals surface area contributed by atoms with E-state index < -0.39 is 0 Å². The van der Waals surface area contributed by atoms with Crippen LogP contribution in [0.2, 0.25) is 0 Å². The molecule has 0 radical (unpaired) electrons. The molecule has 0 fully saturated rings. The van der Waals surface area contributed by atoms with Crippen molar-refractivity contribution in [2.45, 2.75) is 12.5 Å². The molecular formula is C9H13NO3. The van der Waals surface area contributed by atoms with Crippen molar-refractivity contribution in [2.75, 3.05) is 6.61 Å². The van der Waals surface area contributed by atoms with Crippen LogP contribution in [0, 0.1) is 0 Å². The predicted molar refractivity (Wildman–Crippen MR) is 48.4 cm³/mol. The molecule has 0 aliphatic heterocycles. The minimum atomic E-state index is -0.309. The van der Waals surface area contributed by atoms with Crippen molar-refractivity contribution in [3.8, 4) is 11.5 Å². The summed E-state index contributed by atoms with van der Waals surface area (Å²) in [6, 6.07) is 4.09. The van der Waals surface area contributed by atoms with Crippen molar-refractivity contribution in [3.63, 3.8) is 0 Å². The molecule has 0 saturated heterocycles. The zero-order valence-electron chi connectivity index (χ0n) is 7.14. The molecule has 1 atom stereocenters. The van der Waals surface area contributed by atoms with E-state index in [4.69, 9.17) is 21.1 Å². The van der Waals surface area contributed by atoms with Gasteiger partial charge in [-0.15, -0.1) is 0 Å². The van der Waals surface area contributed by atoms with E-state index in [1.807, 2.05) is 0 Å². The van der Waals surface area contributed by atoms with Crippen molar-refractivity contribution in [3.05, 3.63) is 23.8 Å². The number of rotatable bonds is 3. The molecule has 13 heavy (non-hydrogen) atoms. The van der Waals surface area contributed by atoms with Gasteiger partial charge in [-0.2, -0.15) is 0 Å². The fourth-order valence-corrected chi connectivity index (χ4v) is 1.08. The van der Waals surface area contributed by atoms with Gasteiger partial charge < -0.3 is 21.1 Å². The molecule has 1 rings (SSSR count). The lowest BCUT2D eigenvalue weighted by molar-refractivity contribution is 0.276. The van der Waals surface area contributed by atoms with Gasteiger partial charge >= 0.3 is 0 Å². The number of aromatic hydroxyl groups is 2. The van der Waals surface area contributed by atoms with E-state index in [1.165, 1.54) is 12.1 Å². The Morgan fingerprint density at radius 3 is 2.46 bits per heavy atom. The van der Waals surface area contributed by atoms with Crippen LogP contribution in [0.3, 0.4) is 0 Å². The zero-order valence-corrected chi connectivity index (χ0v) is 7.14. The largest absolute Gasteiger partial charge is 0.504 e. The maximum absolute atomic E-state index is 9.15. The van der Waals surface area contributed by atoms with E-state index >= 15 is 0 Å². The summed E-state index contributed by atoms with van der Waals surface area (Å²) in [4.78, 5) is 0. The maximum atomic E-state index is 9.15. The van der Waals surface area contributed by atoms with Crippen LogP contribution < -0.4 is 5.73 Å². The van der Waals surface area contributed by atoms with E-state index in [9.17, 15) is 0 Å². The van der Waals surface area contributed by atoms with Crippen molar-refractivity contribution >= 4 is 0 Å². The van der Waals surface area contributed by atoms with Crippen LogP contribution in [0.5, 0.6) is 11.5 Å². The Bertz CT molecular complexity index is 288. The molecule has 0 aromatic heterocycles. The molecule has 0 aliphatic carbocycles. The second kappa shape index (κ2) is 4.11. The molecule has 0 saturated carbocycles. The highest BCUT2D eigenvalue weighted by Crippen LogP contribution is 2.27. The average molecular weight is 183 g/mol. The minimum Gasteiger partial charge on any atom is -0.504 e. The number of aliphatic hydroxyl groups is 1. The van der Waals surface area contributed by atoms with Crippen LogP contribution in [0.4, 0.5) is 0 Å². The lowest BCUT2D eigenvalue weighted by atomic mass is 10.0. The third-order valence-electron chi connectivity index (χ3n) is 1.87. The summed E-state index contributed by atoms with van der Waals surface area (Å²) in [6.45, 7) is 0.00278. The van der Waals surface area contributed by atoms with Crippen molar-refractivity contribution in [2.24, 2.45) is 5.73 Å². The Labute approximate surface area is 76.2 Å². The number of hydrogen-bond acceptors (Lipinski definition) is 4. The fourth-order valence-electron chi connectivity index (χ4n) is 1.08. The van der Waals surface area contributed by atoms with Crippen molar-refractivity contribution < 1.29 is 15.3 Å². The van der Waals surface area contributed by atoms with E-state index in [0.717, 1.165) is 0 Å². The van der Waals surface area contributed by atoms with E-state index in [-0.39, 0.29) is 24.1 Å². The number of phenols is 2. The summed E-state index contributed by atoms with van der Waals surface area (Å²) in [5.74, 6) is -0.356. The van der Waals surface area contributed by atoms with Gasteiger partial charge in [0.25, 0.3) is 0 Å². The first-order valence-electron chi connectivity index (χ1n) is 4.03. The van der Waals surface area contributed by atoms with Gasteiger partial charge in [0.1, 0.15) is 0 Å². The number of hydrogen-bond donors (Lipinski definition) is 4. The highest BCUT2D eigenvalue weighted by Gasteiger charge is 2.07. The summed E-state index contributed by atoms with van der Waals surface area (Å²) < 4.78 is 0. The SMILES string of the molecule is N[C@@H](CCO)c1ccc(O)c(O)c1. The third kappa shape index (κ3) is 2.34. The Hall–Kier alpha value is -1.26. The van der Waals surface area contributed by atoms with E-state index in [2.05, 4.69) is 0 Å². The lowest BCUT2D eigenvalue weighted by Gasteiger charge is -2.10. The van der Waals surface area contributed by atoms with Gasteiger partial charge in [0.05, 0.1) is 0 Å². The van der Waals surface area contributed by atoms with Gasteiger partial charge in [-0.3, -0.25) is 0 Å². The van der Waals surface area contributed by atoms with Gasteiger partial charge in [0.15, 0.2) is 11.5 Å². The molecule has 0 bridgehead atoms. The standard InChI is InChI=1S/C9H13NO3/c10-7(3-4-11)6-1-2-8(12)9(13)5-6/h1-2,5,7,11-13H,3-4,10H2/t7-/m0/s1. The summed E-state index contributed by atoms with van der Waals surface area (Å²) in [7, 11) is 0. The van der Waals surface area contributed by atoms with Crippen LogP contribution in [0.15, 0.2) is 18.2 Å². The van der Waals surface area contributed by atoms with Gasteiger partial charge in [-0.1, -0.05) is 6.07 Å². The van der Waals surface area contributed by atoms with E-state index in [1.54, 1.807) is 6.07 Å². The Kier molecular flexibility index (Phi) is 3.11. The normalized spacial score (nSPS) is 12.8. The quantitative estimate of drug-likeness (QED) is 0.513. The second-order valence-electron chi connectivity index (χ2n) is 2.87. The molecule has 4 heteroatoms. The topological polar surface area (TPSA) is 86.7 Å². The van der Waals surface area contributed by atoms with Gasteiger partial charge in [0.2, 0.25) is 0 Å². The summed E-state index contributed by atoms with van der Waals surface area (Å²) in [5, 5.41) is 26.8. The van der Waals surface area contributed by atoms with Gasteiger partial charge in [-0.05, 0) is 24.1 Å². The first kappa shape index (κ1) is 9.83. The van der Waals surface area contributed by atoms with E-state index in [0.29, 0.717) is 12.0 Å². The molecule has 4 nitrogen and oxygen atoms in total. The van der Waals surface area contributed by atoms with Crippen molar-refractivity contribution in [1.29, 1.82) is 0 Å². The van der Waals surface area contributed by atoms with Crippen LogP contribution in [0.25, 0.3) is 0 Å². The highest BCUT2D eigenvalue weighted by atomic mass is 16.3. The third-order valence-corrected chi connectivity index (χ3v) is 1.87. The predicted octanol–water partition coefficient (Wildman–Crippen LogP) is 0.480. The number of nitrogens with two attached hydrogens (primary N) is 1. The molecule has 1 aromatic rings. The second-order valence-corrected chi connectivity index (χ2v) is 2.87. The molecule has 0 spiro atoms. The van der Waals surface area contributed by atoms with Crippen LogP contribution in [-0.4, -0.2) is 21.9 Å². The molecule has 0 amide bonds. The highest BCUT2D eigenvalue weighted by molar-refractivity contribution is 5.41. The number of benzene rings is 1. The number of phenolic OH excluding ortho intramolecular Hbond substituents is 2. The van der Waals surface area contributed by atoms with Crippen LogP contribution in [0.1, 0.15) is 18.0 Å². The van der Waals surface area contributed by atoms with Crippen molar-refractivity contribution in [1.82, 2.24) is 0 Å². The van der Waals surface area contributed by atoms with Crippen LogP contribution in [-0.2, 0) is 0 Å². The molecule has 0 unspecified atom stereocenters. The average Bonchev–Trinajstić information content (AvgIpc) is 2.10. The summed E-state index contributed by atoms with van der Waals surface area (Å²) in [5.41, 5.74) is 6.37. The Balaban J connectivity index is 2.84.